The van der Waals surface area contributed by atoms with E-state index in [1.807, 2.05) is 26.8 Å². The van der Waals surface area contributed by atoms with Gasteiger partial charge in [0.1, 0.15) is 35.5 Å². The number of ether oxygens (including phenoxy) is 2. The summed E-state index contributed by atoms with van der Waals surface area (Å²) in [4.78, 5) is 95.6. The average molecular weight is 1120 g/mol. The number of halogens is 2. The van der Waals surface area contributed by atoms with Crippen LogP contribution in [0.2, 0.25) is 0 Å². The molecule has 4 amide bonds. The quantitative estimate of drug-likeness (QED) is 0.0738. The molecule has 4 aliphatic rings. The summed E-state index contributed by atoms with van der Waals surface area (Å²) in [6.45, 7) is 17.3. The number of phenolic OH excluding ortho intramolecular Hbond substituents is 1. The van der Waals surface area contributed by atoms with Gasteiger partial charge >= 0.3 is 5.97 Å². The molecule has 20 heteroatoms. The molecule has 0 saturated carbocycles. The highest BCUT2D eigenvalue weighted by molar-refractivity contribution is 5.93. The van der Waals surface area contributed by atoms with Crippen LogP contribution in [0.4, 0.5) is 8.78 Å². The Labute approximate surface area is 468 Å². The zero-order chi connectivity index (χ0) is 59.3. The van der Waals surface area contributed by atoms with E-state index in [0.29, 0.717) is 31.3 Å². The molecule has 4 aliphatic heterocycles. The fourth-order valence-electron chi connectivity index (χ4n) is 11.0. The number of nitrogens with one attached hydrogen (secondary N) is 4. The van der Waals surface area contributed by atoms with E-state index < -0.39 is 125 Å². The summed E-state index contributed by atoms with van der Waals surface area (Å²) < 4.78 is 41.5. The van der Waals surface area contributed by atoms with E-state index in [9.17, 15) is 62.8 Å². The number of ketones is 2. The van der Waals surface area contributed by atoms with Gasteiger partial charge in [0.05, 0.1) is 36.3 Å². The Bertz CT molecular complexity index is 2540. The maximum absolute atomic E-state index is 14.6. The monoisotopic (exact) mass is 1120 g/mol. The van der Waals surface area contributed by atoms with Crippen LogP contribution >= 0.6 is 0 Å². The van der Waals surface area contributed by atoms with Crippen molar-refractivity contribution in [1.82, 2.24) is 26.4 Å². The van der Waals surface area contributed by atoms with Crippen LogP contribution in [0.5, 0.6) is 5.75 Å². The minimum absolute atomic E-state index is 0.00965. The zero-order valence-electron chi connectivity index (χ0n) is 47.9. The molecule has 0 aromatic heterocycles. The second-order valence-corrected chi connectivity index (χ2v) is 22.9. The Hall–Kier alpha value is -5.93. The molecule has 1 aromatic carbocycles. The number of phenols is 1. The molecule has 1 aromatic rings. The standard InChI is InChI=1S/C60H85F2N5O13/c1-11-41-27-35(6)60(65-55(41)74)39(10)53(72)38(9)50(80-60)31-47(70)33(4)19-14-12-15-20-34(5)49-23-17-13-16-22-46(69)37(8)54(73)42(25-24-36(7)68)56(75)64-52(32(2)3)57(76)63-45(29-40-28-43(61)51(62)48(71)30-40)58(77)67-26-18-21-44(66-67)59(78)79-49/h12-13,15-17,20,22-23,28,30,32-33,35,37-39,41-42,44-47,50,52,54,66,69-71,73H,11,14,18-19,21,24-27,29,31H2,1-10H3,(H,63,76)(H,64,75)(H,65,74)/b15-12+,17-13+,22-16+,34-20+,49-23-/t33-,35-,37-,38-,39-,41-,42+,44?,45-,46-,47-,50-,52-,54+,60+/m0/s1. The topological polar surface area (TPSA) is 270 Å². The maximum atomic E-state index is 14.6. The van der Waals surface area contributed by atoms with Gasteiger partial charge in [0, 0.05) is 49.5 Å². The third-order valence-corrected chi connectivity index (χ3v) is 16.5. The Balaban J connectivity index is 1.38. The fourth-order valence-corrected chi connectivity index (χ4v) is 11.0. The van der Waals surface area contributed by atoms with E-state index >= 15 is 0 Å². The van der Waals surface area contributed by atoms with Gasteiger partial charge in [-0.3, -0.25) is 29.0 Å². The van der Waals surface area contributed by atoms with E-state index in [1.54, 1.807) is 58.9 Å². The zero-order valence-corrected chi connectivity index (χ0v) is 47.9. The Morgan fingerprint density at radius 2 is 1.68 bits per heavy atom. The van der Waals surface area contributed by atoms with Crippen LogP contribution in [0.25, 0.3) is 0 Å². The normalized spacial score (nSPS) is 33.1. The van der Waals surface area contributed by atoms with Crippen LogP contribution < -0.4 is 21.4 Å². The molecule has 3 saturated heterocycles. The minimum Gasteiger partial charge on any atom is -0.505 e. The van der Waals surface area contributed by atoms with Gasteiger partial charge in [-0.05, 0) is 100.0 Å². The molecule has 442 valence electrons. The second kappa shape index (κ2) is 29.2. The maximum Gasteiger partial charge on any atom is 0.330 e. The van der Waals surface area contributed by atoms with Gasteiger partial charge in [-0.1, -0.05) is 97.9 Å². The van der Waals surface area contributed by atoms with Gasteiger partial charge in [0.15, 0.2) is 23.1 Å². The molecular weight excluding hydrogens is 1040 g/mol. The molecule has 3 fully saturated rings. The SMILES string of the molecule is CC[C@H]1C[C@H](C)[C@@]2(NC1=O)O[C@@H](C[C@H](O)[C@@H](C)CC/C=C/C=C(C)/C1=C/C=C/C=C/[C@H](O)[C@H](C)[C@@H](O)[C@@H](CCC(C)=O)C(=O)N[C@@H](C(C)C)C(=O)N[C@@H](Cc3cc(O)c(F)c(F)c3)C(=O)N3CCCC(N3)C(=O)O1)[C@H](C)C(=O)[C@@H]2C. The van der Waals surface area contributed by atoms with Crippen LogP contribution in [0.1, 0.15) is 133 Å². The number of Topliss-reactive ketones (excluding diaryl/α,β-unsaturated/α-hetero) is 2. The number of esters is 1. The number of hydrogen-bond acceptors (Lipinski definition) is 14. The molecule has 80 heavy (non-hydrogen) atoms. The van der Waals surface area contributed by atoms with Crippen molar-refractivity contribution >= 4 is 41.2 Å². The highest BCUT2D eigenvalue weighted by atomic mass is 19.2. The number of hydrazine groups is 1. The number of benzene rings is 1. The van der Waals surface area contributed by atoms with Crippen molar-refractivity contribution in [3.8, 4) is 5.75 Å². The van der Waals surface area contributed by atoms with Crippen LogP contribution in [0.15, 0.2) is 72.1 Å². The average Bonchev–Trinajstić information content (AvgIpc) is 3.56. The van der Waals surface area contributed by atoms with Gasteiger partial charge in [-0.15, -0.1) is 0 Å². The number of fused-ring (bicyclic) bond motifs is 2. The Morgan fingerprint density at radius 1 is 0.963 bits per heavy atom. The number of aliphatic hydroxyl groups excluding tert-OH is 3. The highest BCUT2D eigenvalue weighted by Gasteiger charge is 2.57. The molecule has 18 nitrogen and oxygen atoms in total. The lowest BCUT2D eigenvalue weighted by atomic mass is 9.70. The van der Waals surface area contributed by atoms with Crippen molar-refractivity contribution in [3.05, 3.63) is 89.3 Å². The van der Waals surface area contributed by atoms with Crippen molar-refractivity contribution in [2.75, 3.05) is 6.54 Å². The first-order valence-corrected chi connectivity index (χ1v) is 28.2. The van der Waals surface area contributed by atoms with E-state index in [2.05, 4.69) is 21.4 Å². The van der Waals surface area contributed by atoms with E-state index in [1.165, 1.54) is 32.1 Å². The van der Waals surface area contributed by atoms with Crippen molar-refractivity contribution in [3.63, 3.8) is 0 Å². The molecular formula is C60H85F2N5O13. The first kappa shape index (κ1) is 64.9. The number of carbonyl (C=O) groups excluding carboxylic acids is 7. The van der Waals surface area contributed by atoms with E-state index in [-0.39, 0.29) is 85.2 Å². The summed E-state index contributed by atoms with van der Waals surface area (Å²) in [7, 11) is 0. The summed E-state index contributed by atoms with van der Waals surface area (Å²) in [5.74, 6) is -11.9. The number of aliphatic hydroxyl groups is 3. The smallest absolute Gasteiger partial charge is 0.330 e. The fraction of sp³-hybridized carbons (Fsp3) is 0.617. The van der Waals surface area contributed by atoms with Gasteiger partial charge in [0.25, 0.3) is 5.91 Å². The molecule has 8 N–H and O–H groups in total. The van der Waals surface area contributed by atoms with E-state index in [4.69, 9.17) is 9.47 Å². The van der Waals surface area contributed by atoms with Crippen molar-refractivity contribution in [2.24, 2.45) is 47.3 Å². The number of allylic oxidation sites excluding steroid dienone is 8. The Kier molecular flexibility index (Phi) is 23.7. The predicted octanol–water partition coefficient (Wildman–Crippen LogP) is 6.02. The number of nitrogens with zero attached hydrogens (tertiary/aromatic N) is 1. The van der Waals surface area contributed by atoms with Gasteiger partial charge in [-0.25, -0.2) is 14.6 Å². The molecule has 5 rings (SSSR count). The molecule has 15 atom stereocenters. The first-order chi connectivity index (χ1) is 37.7. The second-order valence-electron chi connectivity index (χ2n) is 22.9. The first-order valence-electron chi connectivity index (χ1n) is 28.2. The number of piperidine rings is 1. The van der Waals surface area contributed by atoms with Gasteiger partial charge in [0.2, 0.25) is 17.7 Å². The number of hydrogen-bond donors (Lipinski definition) is 8. The lowest BCUT2D eigenvalue weighted by Crippen LogP contribution is -2.70. The van der Waals surface area contributed by atoms with E-state index in [0.717, 1.165) is 17.1 Å². The van der Waals surface area contributed by atoms with Crippen LogP contribution in [-0.2, 0) is 49.5 Å². The predicted molar refractivity (Wildman–Crippen MR) is 294 cm³/mol. The van der Waals surface area contributed by atoms with Crippen LogP contribution in [0.3, 0.4) is 0 Å². The largest absolute Gasteiger partial charge is 0.505 e. The van der Waals surface area contributed by atoms with Crippen molar-refractivity contribution in [2.45, 2.75) is 182 Å². The van der Waals surface area contributed by atoms with Crippen LogP contribution in [0, 0.1) is 59.0 Å². The summed E-state index contributed by atoms with van der Waals surface area (Å²) >= 11 is 0. The number of rotatable bonds is 15. The number of aromatic hydroxyl groups is 1. The molecule has 1 unspecified atom stereocenters. The molecule has 1 spiro atoms. The minimum atomic E-state index is -1.55. The highest BCUT2D eigenvalue weighted by Crippen LogP contribution is 2.45. The molecule has 0 aliphatic carbocycles. The summed E-state index contributed by atoms with van der Waals surface area (Å²) in [5.41, 5.74) is 2.19. The molecule has 4 heterocycles. The number of cyclic esters (lactones) is 1. The van der Waals surface area contributed by atoms with Crippen LogP contribution in [-0.4, -0.2) is 121 Å². The van der Waals surface area contributed by atoms with Crippen molar-refractivity contribution in [1.29, 1.82) is 0 Å². The summed E-state index contributed by atoms with van der Waals surface area (Å²) in [6.07, 6.45) is 11.1. The Morgan fingerprint density at radius 3 is 2.34 bits per heavy atom. The number of carbonyl (C=O) groups is 7. The lowest BCUT2D eigenvalue weighted by molar-refractivity contribution is -0.229. The summed E-state index contributed by atoms with van der Waals surface area (Å²) in [6, 6.07) is -2.31. The number of amides is 4. The third-order valence-electron chi connectivity index (χ3n) is 16.5. The lowest BCUT2D eigenvalue weighted by Gasteiger charge is -2.54. The van der Waals surface area contributed by atoms with Gasteiger partial charge in [-0.2, -0.15) is 4.39 Å². The van der Waals surface area contributed by atoms with Crippen molar-refractivity contribution < 1.29 is 72.2 Å². The molecule has 0 radical (unpaired) electrons. The van der Waals surface area contributed by atoms with Gasteiger partial charge < -0.3 is 50.6 Å². The summed E-state index contributed by atoms with van der Waals surface area (Å²) in [5, 5.41) is 53.9. The third kappa shape index (κ3) is 16.4. The molecule has 2 bridgehead atoms.